The van der Waals surface area contributed by atoms with E-state index >= 15 is 0 Å². The van der Waals surface area contributed by atoms with E-state index in [-0.39, 0.29) is 5.56 Å². The third kappa shape index (κ3) is 3.85. The number of nitrogens with two attached hydrogens (primary N) is 1. The Kier molecular flexibility index (Phi) is 5.38. The molecule has 1 fully saturated rings. The molecule has 4 rings (SSSR count). The average molecular weight is 412 g/mol. The second-order valence-electron chi connectivity index (χ2n) is 7.86. The summed E-state index contributed by atoms with van der Waals surface area (Å²) in [7, 11) is 1.81. The predicted molar refractivity (Wildman–Crippen MR) is 109 cm³/mol. The number of fused-ring (bicyclic) bond motifs is 1. The molecule has 1 unspecified atom stereocenters. The SMILES string of the molecule is Cn1ncc2c(OC(C)(Cc3ccc(C(N)=O)c(F)c3)N3CCCCC3)ncnc21. The number of piperidine rings is 1. The van der Waals surface area contributed by atoms with Crippen LogP contribution in [0.4, 0.5) is 4.39 Å². The fourth-order valence-electron chi connectivity index (χ4n) is 4.06. The monoisotopic (exact) mass is 412 g/mol. The van der Waals surface area contributed by atoms with E-state index in [9.17, 15) is 9.18 Å². The highest BCUT2D eigenvalue weighted by atomic mass is 19.1. The largest absolute Gasteiger partial charge is 0.455 e. The third-order valence-corrected chi connectivity index (χ3v) is 5.67. The Morgan fingerprint density at radius 3 is 2.73 bits per heavy atom. The molecule has 1 aromatic carbocycles. The Morgan fingerprint density at radius 1 is 1.27 bits per heavy atom. The van der Waals surface area contributed by atoms with E-state index in [1.165, 1.54) is 24.9 Å². The Labute approximate surface area is 173 Å². The first-order valence-electron chi connectivity index (χ1n) is 10.0. The van der Waals surface area contributed by atoms with Gasteiger partial charge in [-0.1, -0.05) is 12.5 Å². The summed E-state index contributed by atoms with van der Waals surface area (Å²) in [6.07, 6.45) is 6.86. The van der Waals surface area contributed by atoms with Crippen molar-refractivity contribution in [1.29, 1.82) is 0 Å². The maximum absolute atomic E-state index is 14.4. The first-order chi connectivity index (χ1) is 14.4. The standard InChI is InChI=1S/C21H25FN6O2/c1-21(28-8-4-3-5-9-28,11-14-6-7-15(18(23)29)17(22)10-14)30-20-16-12-26-27(2)19(16)24-13-25-20/h6-7,10,12-13H,3-5,8-9,11H2,1-2H3,(H2,23,29). The average Bonchev–Trinajstić information content (AvgIpc) is 3.10. The summed E-state index contributed by atoms with van der Waals surface area (Å²) >= 11 is 0. The molecule has 1 aliphatic heterocycles. The van der Waals surface area contributed by atoms with E-state index in [2.05, 4.69) is 20.0 Å². The maximum atomic E-state index is 14.4. The number of halogens is 1. The minimum atomic E-state index is -0.783. The summed E-state index contributed by atoms with van der Waals surface area (Å²) in [5.74, 6) is -0.970. The number of benzene rings is 1. The highest BCUT2D eigenvalue weighted by molar-refractivity contribution is 5.93. The summed E-state index contributed by atoms with van der Waals surface area (Å²) < 4.78 is 22.5. The molecule has 158 valence electrons. The van der Waals surface area contributed by atoms with Crippen LogP contribution >= 0.6 is 0 Å². The number of likely N-dealkylation sites (tertiary alicyclic amines) is 1. The zero-order valence-corrected chi connectivity index (χ0v) is 17.1. The van der Waals surface area contributed by atoms with Gasteiger partial charge < -0.3 is 10.5 Å². The van der Waals surface area contributed by atoms with Gasteiger partial charge in [-0.25, -0.2) is 14.4 Å². The number of hydrogen-bond acceptors (Lipinski definition) is 6. The first-order valence-corrected chi connectivity index (χ1v) is 10.0. The lowest BCUT2D eigenvalue weighted by molar-refractivity contribution is -0.0809. The molecular weight excluding hydrogens is 387 g/mol. The molecule has 3 aromatic rings. The number of nitrogens with zero attached hydrogens (tertiary/aromatic N) is 5. The van der Waals surface area contributed by atoms with Gasteiger partial charge in [0.25, 0.3) is 5.91 Å². The summed E-state index contributed by atoms with van der Waals surface area (Å²) in [4.78, 5) is 22.2. The van der Waals surface area contributed by atoms with Crippen molar-refractivity contribution in [2.24, 2.45) is 12.8 Å². The van der Waals surface area contributed by atoms with Crippen molar-refractivity contribution in [2.75, 3.05) is 13.1 Å². The van der Waals surface area contributed by atoms with Crippen molar-refractivity contribution in [3.63, 3.8) is 0 Å². The lowest BCUT2D eigenvalue weighted by atomic mass is 9.98. The Balaban J connectivity index is 1.69. The minimum Gasteiger partial charge on any atom is -0.455 e. The quantitative estimate of drug-likeness (QED) is 0.668. The Morgan fingerprint density at radius 2 is 2.03 bits per heavy atom. The van der Waals surface area contributed by atoms with Crippen LogP contribution in [0.1, 0.15) is 42.1 Å². The molecule has 0 bridgehead atoms. The number of amides is 1. The molecule has 2 aromatic heterocycles. The highest BCUT2D eigenvalue weighted by Crippen LogP contribution is 2.31. The van der Waals surface area contributed by atoms with Gasteiger partial charge in [-0.3, -0.25) is 14.4 Å². The van der Waals surface area contributed by atoms with Gasteiger partial charge in [-0.05, 0) is 37.5 Å². The summed E-state index contributed by atoms with van der Waals surface area (Å²) in [6.45, 7) is 3.74. The van der Waals surface area contributed by atoms with Crippen LogP contribution in [0.3, 0.4) is 0 Å². The fraction of sp³-hybridized carbons (Fsp3) is 0.429. The Bertz CT molecular complexity index is 1080. The molecule has 3 heterocycles. The van der Waals surface area contributed by atoms with Gasteiger partial charge in [-0.2, -0.15) is 5.10 Å². The van der Waals surface area contributed by atoms with E-state index in [0.29, 0.717) is 23.5 Å². The fourth-order valence-corrected chi connectivity index (χ4v) is 4.06. The molecule has 30 heavy (non-hydrogen) atoms. The lowest BCUT2D eigenvalue weighted by Gasteiger charge is -2.43. The third-order valence-electron chi connectivity index (χ3n) is 5.67. The van der Waals surface area contributed by atoms with Crippen molar-refractivity contribution in [1.82, 2.24) is 24.6 Å². The molecule has 0 radical (unpaired) electrons. The van der Waals surface area contributed by atoms with E-state index in [0.717, 1.165) is 31.3 Å². The predicted octanol–water partition coefficient (Wildman–Crippen LogP) is 2.42. The van der Waals surface area contributed by atoms with E-state index in [1.807, 2.05) is 14.0 Å². The van der Waals surface area contributed by atoms with E-state index < -0.39 is 17.4 Å². The number of aromatic nitrogens is 4. The summed E-state index contributed by atoms with van der Waals surface area (Å²) in [5, 5.41) is 4.97. The maximum Gasteiger partial charge on any atom is 0.251 e. The van der Waals surface area contributed by atoms with Crippen LogP contribution in [0.5, 0.6) is 5.88 Å². The highest BCUT2D eigenvalue weighted by Gasteiger charge is 2.36. The number of hydrogen-bond donors (Lipinski definition) is 1. The molecule has 8 nitrogen and oxygen atoms in total. The number of carbonyl (C=O) groups excluding carboxylic acids is 1. The van der Waals surface area contributed by atoms with Crippen LogP contribution in [-0.2, 0) is 13.5 Å². The van der Waals surface area contributed by atoms with E-state index in [1.54, 1.807) is 16.9 Å². The topological polar surface area (TPSA) is 99.2 Å². The van der Waals surface area contributed by atoms with Gasteiger partial charge in [0.15, 0.2) is 11.4 Å². The van der Waals surface area contributed by atoms with Gasteiger partial charge in [0.2, 0.25) is 5.88 Å². The normalized spacial score (nSPS) is 17.0. The Hall–Kier alpha value is -3.07. The summed E-state index contributed by atoms with van der Waals surface area (Å²) in [6, 6.07) is 4.49. The molecule has 0 spiro atoms. The second-order valence-corrected chi connectivity index (χ2v) is 7.86. The van der Waals surface area contributed by atoms with Gasteiger partial charge in [-0.15, -0.1) is 0 Å². The van der Waals surface area contributed by atoms with Crippen molar-refractivity contribution in [2.45, 2.75) is 38.3 Å². The number of carbonyl (C=O) groups is 1. The van der Waals surface area contributed by atoms with Crippen molar-refractivity contribution >= 4 is 16.9 Å². The number of aryl methyl sites for hydroxylation is 1. The first kappa shape index (κ1) is 20.2. The van der Waals surface area contributed by atoms with Crippen LogP contribution in [0, 0.1) is 5.82 Å². The van der Waals surface area contributed by atoms with E-state index in [4.69, 9.17) is 10.5 Å². The minimum absolute atomic E-state index is 0.118. The lowest BCUT2D eigenvalue weighted by Crippen LogP contribution is -2.54. The molecule has 0 aliphatic carbocycles. The smallest absolute Gasteiger partial charge is 0.251 e. The van der Waals surface area contributed by atoms with Crippen LogP contribution in [0.15, 0.2) is 30.7 Å². The van der Waals surface area contributed by atoms with Crippen LogP contribution in [0.2, 0.25) is 0 Å². The van der Waals surface area contributed by atoms with Gasteiger partial charge in [0, 0.05) is 26.6 Å². The van der Waals surface area contributed by atoms with Crippen molar-refractivity contribution in [3.05, 3.63) is 47.7 Å². The van der Waals surface area contributed by atoms with Gasteiger partial charge in [0.05, 0.1) is 11.8 Å². The zero-order chi connectivity index (χ0) is 21.3. The molecule has 1 saturated heterocycles. The van der Waals surface area contributed by atoms with Crippen molar-refractivity contribution < 1.29 is 13.9 Å². The molecule has 1 atom stereocenters. The molecule has 9 heteroatoms. The summed E-state index contributed by atoms with van der Waals surface area (Å²) in [5.41, 5.74) is 5.74. The molecule has 1 amide bonds. The molecular formula is C21H25FN6O2. The number of primary amides is 1. The number of ether oxygens (including phenoxy) is 1. The zero-order valence-electron chi connectivity index (χ0n) is 17.1. The van der Waals surface area contributed by atoms with Gasteiger partial charge >= 0.3 is 0 Å². The van der Waals surface area contributed by atoms with Crippen LogP contribution in [0.25, 0.3) is 11.0 Å². The van der Waals surface area contributed by atoms with Gasteiger partial charge in [0.1, 0.15) is 17.5 Å². The van der Waals surface area contributed by atoms with Crippen LogP contribution < -0.4 is 10.5 Å². The second kappa shape index (κ2) is 7.98. The molecule has 2 N–H and O–H groups in total. The molecule has 0 saturated carbocycles. The van der Waals surface area contributed by atoms with Crippen LogP contribution in [-0.4, -0.2) is 49.4 Å². The van der Waals surface area contributed by atoms with Crippen molar-refractivity contribution in [3.8, 4) is 5.88 Å². The molecule has 1 aliphatic rings. The number of rotatable bonds is 6.